The van der Waals surface area contributed by atoms with Crippen LogP contribution in [0.4, 0.5) is 0 Å². The summed E-state index contributed by atoms with van der Waals surface area (Å²) in [7, 11) is 0. The van der Waals surface area contributed by atoms with Crippen LogP contribution in [0.25, 0.3) is 11.1 Å². The SMILES string of the molecule is Cc1cc[c]([Ti]([C]2=C(c3ccccc3)C=CC2)([C]2=C(c3ccccc3)C=CC2)[c]2ccc(C)cc2)cc1. The second kappa shape index (κ2) is 10.1. The predicted octanol–water partition coefficient (Wildman–Crippen LogP) is 8.15. The molecule has 37 heavy (non-hydrogen) atoms. The third kappa shape index (κ3) is 4.25. The minimum atomic E-state index is -3.36. The van der Waals surface area contributed by atoms with E-state index in [4.69, 9.17) is 0 Å². The van der Waals surface area contributed by atoms with Gasteiger partial charge >= 0.3 is 226 Å². The number of hydrogen-bond donors (Lipinski definition) is 0. The molecule has 0 fully saturated rings. The molecule has 0 atom stereocenters. The van der Waals surface area contributed by atoms with Crippen molar-refractivity contribution in [2.75, 3.05) is 0 Å². The van der Waals surface area contributed by atoms with Crippen molar-refractivity contribution in [3.8, 4) is 0 Å². The number of rotatable bonds is 6. The van der Waals surface area contributed by atoms with Gasteiger partial charge in [0.1, 0.15) is 0 Å². The zero-order valence-electron chi connectivity index (χ0n) is 21.6. The summed E-state index contributed by atoms with van der Waals surface area (Å²) in [4.78, 5) is 0. The Labute approximate surface area is 224 Å². The quantitative estimate of drug-likeness (QED) is 0.229. The van der Waals surface area contributed by atoms with Gasteiger partial charge in [0.25, 0.3) is 0 Å². The van der Waals surface area contributed by atoms with Crippen LogP contribution < -0.4 is 7.74 Å². The van der Waals surface area contributed by atoms with E-state index in [1.807, 2.05) is 0 Å². The Morgan fingerprint density at radius 3 is 1.22 bits per heavy atom. The second-order valence-electron chi connectivity index (χ2n) is 10.2. The molecule has 0 aromatic heterocycles. The number of aryl methyl sites for hydroxylation is 2. The average Bonchev–Trinajstić information content (AvgIpc) is 3.63. The molecule has 4 aromatic rings. The van der Waals surface area contributed by atoms with Crippen LogP contribution in [-0.4, -0.2) is 0 Å². The van der Waals surface area contributed by atoms with Crippen LogP contribution in [0.1, 0.15) is 35.1 Å². The van der Waals surface area contributed by atoms with E-state index in [1.165, 1.54) is 41.1 Å². The molecule has 0 bridgehead atoms. The monoisotopic (exact) mass is 512 g/mol. The molecule has 1 heteroatoms. The van der Waals surface area contributed by atoms with Crippen LogP contribution in [0.3, 0.4) is 0 Å². The molecular weight excluding hydrogens is 480 g/mol. The molecule has 0 heterocycles. The zero-order valence-corrected chi connectivity index (χ0v) is 23.2. The topological polar surface area (TPSA) is 0 Å². The van der Waals surface area contributed by atoms with Gasteiger partial charge in [-0.15, -0.1) is 0 Å². The van der Waals surface area contributed by atoms with E-state index in [0.717, 1.165) is 12.8 Å². The standard InChI is InChI=1S/2C11H9.2C7H7.Ti/c2*1-2-6-10(7-3-1)11-8-4-5-9-11;2*1-7-5-3-2-4-6-7;/h2*1-4,6-8H,5H2;2*3-6H,1H3;. The van der Waals surface area contributed by atoms with Crippen molar-refractivity contribution < 1.29 is 16.6 Å². The van der Waals surface area contributed by atoms with E-state index in [9.17, 15) is 0 Å². The number of hydrogen-bond acceptors (Lipinski definition) is 0. The normalized spacial score (nSPS) is 15.2. The molecular formula is C36H32Ti. The Morgan fingerprint density at radius 1 is 0.459 bits per heavy atom. The Hall–Kier alpha value is -3.45. The Morgan fingerprint density at radius 2 is 0.838 bits per heavy atom. The van der Waals surface area contributed by atoms with Crippen LogP contribution in [0.15, 0.2) is 141 Å². The molecule has 0 aliphatic heterocycles. The third-order valence-corrected chi connectivity index (χ3v) is 16.0. The van der Waals surface area contributed by atoms with Gasteiger partial charge in [-0.3, -0.25) is 0 Å². The summed E-state index contributed by atoms with van der Waals surface area (Å²) >= 11 is -3.36. The van der Waals surface area contributed by atoms with Crippen molar-refractivity contribution in [3.05, 3.63) is 164 Å². The molecule has 0 nitrogen and oxygen atoms in total. The molecule has 4 aromatic carbocycles. The fraction of sp³-hybridized carbons (Fsp3) is 0.111. The molecule has 0 spiro atoms. The van der Waals surface area contributed by atoms with Gasteiger partial charge < -0.3 is 0 Å². The van der Waals surface area contributed by atoms with Crippen molar-refractivity contribution in [2.45, 2.75) is 26.7 Å². The van der Waals surface area contributed by atoms with Gasteiger partial charge in [-0.1, -0.05) is 0 Å². The maximum absolute atomic E-state index is 3.36. The summed E-state index contributed by atoms with van der Waals surface area (Å²) in [6.45, 7) is 4.39. The van der Waals surface area contributed by atoms with Crippen LogP contribution in [0.5, 0.6) is 0 Å². The average molecular weight is 513 g/mol. The minimum absolute atomic E-state index is 1.01. The molecule has 2 aliphatic carbocycles. The van der Waals surface area contributed by atoms with Crippen molar-refractivity contribution in [3.63, 3.8) is 0 Å². The van der Waals surface area contributed by atoms with Gasteiger partial charge in [0, 0.05) is 0 Å². The molecule has 0 radical (unpaired) electrons. The van der Waals surface area contributed by atoms with Crippen LogP contribution in [0.2, 0.25) is 0 Å². The summed E-state index contributed by atoms with van der Waals surface area (Å²) in [6.07, 6.45) is 11.6. The van der Waals surface area contributed by atoms with E-state index in [0.29, 0.717) is 0 Å². The number of benzene rings is 4. The first-order valence-corrected chi connectivity index (χ1v) is 16.4. The van der Waals surface area contributed by atoms with E-state index in [-0.39, 0.29) is 0 Å². The summed E-state index contributed by atoms with van der Waals surface area (Å²) in [6, 6.07) is 41.1. The third-order valence-electron chi connectivity index (χ3n) is 7.91. The van der Waals surface area contributed by atoms with Crippen LogP contribution in [-0.2, 0) is 16.6 Å². The molecule has 6 rings (SSSR count). The van der Waals surface area contributed by atoms with Crippen LogP contribution in [0, 0.1) is 13.8 Å². The van der Waals surface area contributed by atoms with Crippen molar-refractivity contribution in [1.29, 1.82) is 0 Å². The molecule has 180 valence electrons. The number of allylic oxidation sites excluding steroid dienone is 8. The molecule has 0 saturated heterocycles. The maximum atomic E-state index is 2.44. The Kier molecular flexibility index (Phi) is 6.55. The van der Waals surface area contributed by atoms with Gasteiger partial charge in [-0.05, 0) is 0 Å². The zero-order chi connectivity index (χ0) is 25.2. The first-order chi connectivity index (χ1) is 18.2. The fourth-order valence-electron chi connectivity index (χ4n) is 6.15. The van der Waals surface area contributed by atoms with Gasteiger partial charge in [0.05, 0.1) is 0 Å². The van der Waals surface area contributed by atoms with E-state index < -0.39 is 16.6 Å². The molecule has 0 unspecified atom stereocenters. The first kappa shape index (κ1) is 23.9. The van der Waals surface area contributed by atoms with E-state index in [2.05, 4.69) is 147 Å². The van der Waals surface area contributed by atoms with Crippen molar-refractivity contribution in [2.24, 2.45) is 0 Å². The summed E-state index contributed by atoms with van der Waals surface area (Å²) < 4.78 is 6.33. The van der Waals surface area contributed by atoms with Crippen LogP contribution >= 0.6 is 0 Å². The predicted molar refractivity (Wildman–Crippen MR) is 156 cm³/mol. The Balaban J connectivity index is 1.75. The second-order valence-corrected chi connectivity index (χ2v) is 16.2. The van der Waals surface area contributed by atoms with Crippen molar-refractivity contribution >= 4 is 18.9 Å². The molecule has 0 N–H and O–H groups in total. The first-order valence-electron chi connectivity index (χ1n) is 13.2. The van der Waals surface area contributed by atoms with E-state index >= 15 is 0 Å². The van der Waals surface area contributed by atoms with Crippen molar-refractivity contribution in [1.82, 2.24) is 0 Å². The van der Waals surface area contributed by atoms with Gasteiger partial charge in [-0.2, -0.15) is 0 Å². The van der Waals surface area contributed by atoms with Gasteiger partial charge in [0.15, 0.2) is 0 Å². The molecule has 0 saturated carbocycles. The summed E-state index contributed by atoms with van der Waals surface area (Å²) in [5.74, 6) is 0. The molecule has 0 amide bonds. The fourth-order valence-corrected chi connectivity index (χ4v) is 14.8. The Bertz CT molecular complexity index is 1410. The van der Waals surface area contributed by atoms with Gasteiger partial charge in [-0.25, -0.2) is 0 Å². The molecule has 2 aliphatic rings. The van der Waals surface area contributed by atoms with Gasteiger partial charge in [0.2, 0.25) is 0 Å². The summed E-state index contributed by atoms with van der Waals surface area (Å²) in [5.41, 5.74) is 8.13. The summed E-state index contributed by atoms with van der Waals surface area (Å²) in [5, 5.41) is 0. The van der Waals surface area contributed by atoms with E-state index in [1.54, 1.807) is 7.76 Å².